The minimum Gasteiger partial charge on any atom is -0.363 e. The van der Waals surface area contributed by atoms with Gasteiger partial charge in [-0.15, -0.1) is 0 Å². The second kappa shape index (κ2) is 8.95. The molecule has 4 aromatic rings. The Bertz CT molecular complexity index is 1120. The molecule has 0 radical (unpaired) electrons. The maximum Gasteiger partial charge on any atom is 0.286 e. The van der Waals surface area contributed by atoms with Gasteiger partial charge in [0.15, 0.2) is 5.82 Å². The Labute approximate surface area is 169 Å². The molecule has 0 saturated carbocycles. The van der Waals surface area contributed by atoms with Crippen LogP contribution in [0.3, 0.4) is 0 Å². The van der Waals surface area contributed by atoms with E-state index in [4.69, 9.17) is 5.73 Å². The summed E-state index contributed by atoms with van der Waals surface area (Å²) in [6.45, 7) is 2.08. The van der Waals surface area contributed by atoms with E-state index in [1.807, 2.05) is 30.3 Å². The molecule has 0 saturated heterocycles. The van der Waals surface area contributed by atoms with Crippen molar-refractivity contribution in [1.29, 1.82) is 0 Å². The fourth-order valence-electron chi connectivity index (χ4n) is 3.05. The van der Waals surface area contributed by atoms with Gasteiger partial charge in [0.05, 0.1) is 0 Å². The van der Waals surface area contributed by atoms with Crippen LogP contribution >= 0.6 is 0 Å². The average molecular weight is 385 g/mol. The first-order valence-corrected chi connectivity index (χ1v) is 9.18. The molecule has 1 heterocycles. The second-order valence-corrected chi connectivity index (χ2v) is 6.36. The lowest BCUT2D eigenvalue weighted by Gasteiger charge is -2.11. The smallest absolute Gasteiger partial charge is 0.286 e. The van der Waals surface area contributed by atoms with E-state index in [2.05, 4.69) is 70.3 Å². The number of aromatic nitrogens is 3. The molecular formula is C23H23N5O. The monoisotopic (exact) mass is 385 g/mol. The van der Waals surface area contributed by atoms with Gasteiger partial charge in [0.25, 0.3) is 5.91 Å². The van der Waals surface area contributed by atoms with Crippen molar-refractivity contribution in [1.82, 2.24) is 15.2 Å². The van der Waals surface area contributed by atoms with Crippen LogP contribution in [0.4, 0.5) is 0 Å². The standard InChI is InChI=1S/C22H18N4O.CH5N/c1-14-9-11-15(12-10-14)18-7-2-3-8-19(18)16-5-4-6-17(13-16)21-24-22(20(23)27)26-25-21;1-2/h2-13H,1H3,(H2,23,27)(H,24,25,26);2H2,1H3. The Morgan fingerprint density at radius 3 is 2.07 bits per heavy atom. The number of carbonyl (C=O) groups excluding carboxylic acids is 1. The van der Waals surface area contributed by atoms with Gasteiger partial charge in [0.1, 0.15) is 0 Å². The number of nitrogens with zero attached hydrogens (tertiary/aromatic N) is 2. The van der Waals surface area contributed by atoms with Gasteiger partial charge in [-0.05, 0) is 42.3 Å². The first kappa shape index (κ1) is 20.0. The Morgan fingerprint density at radius 1 is 0.828 bits per heavy atom. The molecule has 0 atom stereocenters. The molecule has 0 fully saturated rings. The van der Waals surface area contributed by atoms with Gasteiger partial charge < -0.3 is 11.5 Å². The first-order valence-electron chi connectivity index (χ1n) is 9.18. The summed E-state index contributed by atoms with van der Waals surface area (Å²) in [4.78, 5) is 15.4. The molecule has 0 spiro atoms. The lowest BCUT2D eigenvalue weighted by atomic mass is 9.93. The minimum absolute atomic E-state index is 0.0514. The second-order valence-electron chi connectivity index (χ2n) is 6.36. The average Bonchev–Trinajstić information content (AvgIpc) is 3.27. The third kappa shape index (κ3) is 4.39. The summed E-state index contributed by atoms with van der Waals surface area (Å²) in [7, 11) is 1.50. The Hall–Kier alpha value is -3.77. The predicted molar refractivity (Wildman–Crippen MR) is 116 cm³/mol. The van der Waals surface area contributed by atoms with Gasteiger partial charge in [0.2, 0.25) is 5.82 Å². The molecule has 146 valence electrons. The highest BCUT2D eigenvalue weighted by Gasteiger charge is 2.12. The molecule has 29 heavy (non-hydrogen) atoms. The molecule has 1 amide bonds. The summed E-state index contributed by atoms with van der Waals surface area (Å²) < 4.78 is 0. The van der Waals surface area contributed by atoms with Gasteiger partial charge >= 0.3 is 0 Å². The van der Waals surface area contributed by atoms with E-state index in [9.17, 15) is 4.79 Å². The van der Waals surface area contributed by atoms with E-state index >= 15 is 0 Å². The highest BCUT2D eigenvalue weighted by Crippen LogP contribution is 2.33. The summed E-state index contributed by atoms with van der Waals surface area (Å²) in [5.41, 5.74) is 16.3. The van der Waals surface area contributed by atoms with Crippen molar-refractivity contribution in [3.63, 3.8) is 0 Å². The number of nitrogens with one attached hydrogen (secondary N) is 1. The molecule has 0 bridgehead atoms. The maximum atomic E-state index is 11.2. The van der Waals surface area contributed by atoms with Crippen LogP contribution in [0, 0.1) is 6.92 Å². The summed E-state index contributed by atoms with van der Waals surface area (Å²) in [5.74, 6) is -0.136. The fraction of sp³-hybridized carbons (Fsp3) is 0.0870. The summed E-state index contributed by atoms with van der Waals surface area (Å²) in [6, 6.07) is 24.7. The van der Waals surface area contributed by atoms with E-state index in [1.165, 1.54) is 12.6 Å². The predicted octanol–water partition coefficient (Wildman–Crippen LogP) is 3.79. The van der Waals surface area contributed by atoms with Crippen LogP contribution in [0.2, 0.25) is 0 Å². The van der Waals surface area contributed by atoms with Crippen LogP contribution in [-0.4, -0.2) is 28.1 Å². The largest absolute Gasteiger partial charge is 0.363 e. The van der Waals surface area contributed by atoms with Crippen molar-refractivity contribution in [2.75, 3.05) is 7.05 Å². The van der Waals surface area contributed by atoms with Crippen LogP contribution in [0.25, 0.3) is 33.6 Å². The minimum atomic E-state index is -0.630. The van der Waals surface area contributed by atoms with E-state index in [1.54, 1.807) is 0 Å². The molecular weight excluding hydrogens is 362 g/mol. The van der Waals surface area contributed by atoms with Gasteiger partial charge in [-0.25, -0.2) is 4.98 Å². The molecule has 6 nitrogen and oxygen atoms in total. The molecule has 1 aromatic heterocycles. The van der Waals surface area contributed by atoms with E-state index in [0.29, 0.717) is 5.82 Å². The molecule has 0 aliphatic heterocycles. The van der Waals surface area contributed by atoms with Crippen molar-refractivity contribution < 1.29 is 4.79 Å². The molecule has 4 rings (SSSR count). The molecule has 3 aromatic carbocycles. The highest BCUT2D eigenvalue weighted by molar-refractivity contribution is 5.89. The first-order chi connectivity index (χ1) is 14.1. The van der Waals surface area contributed by atoms with Gasteiger partial charge in [-0.1, -0.05) is 72.3 Å². The Kier molecular flexibility index (Phi) is 6.16. The number of aryl methyl sites for hydroxylation is 1. The van der Waals surface area contributed by atoms with Gasteiger partial charge in [0, 0.05) is 5.56 Å². The third-order valence-corrected chi connectivity index (χ3v) is 4.44. The topological polar surface area (TPSA) is 111 Å². The van der Waals surface area contributed by atoms with Crippen molar-refractivity contribution in [2.24, 2.45) is 11.5 Å². The quantitative estimate of drug-likeness (QED) is 0.496. The zero-order valence-corrected chi connectivity index (χ0v) is 16.4. The summed E-state index contributed by atoms with van der Waals surface area (Å²) in [6.07, 6.45) is 0. The van der Waals surface area contributed by atoms with E-state index < -0.39 is 5.91 Å². The number of primary amides is 1. The summed E-state index contributed by atoms with van der Waals surface area (Å²) >= 11 is 0. The number of hydrogen-bond donors (Lipinski definition) is 3. The Morgan fingerprint density at radius 2 is 1.45 bits per heavy atom. The third-order valence-electron chi connectivity index (χ3n) is 4.44. The number of hydrogen-bond acceptors (Lipinski definition) is 4. The SMILES string of the molecule is CN.Cc1ccc(-c2ccccc2-c2cccc(-c3n[nH]c(C(N)=O)n3)c2)cc1. The van der Waals surface area contributed by atoms with E-state index in [0.717, 1.165) is 27.8 Å². The normalized spacial score (nSPS) is 10.2. The van der Waals surface area contributed by atoms with Crippen LogP contribution < -0.4 is 11.5 Å². The zero-order chi connectivity index (χ0) is 20.8. The molecule has 0 aliphatic rings. The number of amides is 1. The van der Waals surface area contributed by atoms with Crippen molar-refractivity contribution >= 4 is 5.91 Å². The van der Waals surface area contributed by atoms with Crippen molar-refractivity contribution in [3.05, 3.63) is 84.2 Å². The maximum absolute atomic E-state index is 11.2. The number of carbonyl (C=O) groups is 1. The molecule has 0 unspecified atom stereocenters. The van der Waals surface area contributed by atoms with Crippen LogP contribution in [0.5, 0.6) is 0 Å². The van der Waals surface area contributed by atoms with Crippen molar-refractivity contribution in [2.45, 2.75) is 6.92 Å². The van der Waals surface area contributed by atoms with Crippen LogP contribution in [0.1, 0.15) is 16.2 Å². The number of nitrogens with two attached hydrogens (primary N) is 2. The Balaban J connectivity index is 0.00000117. The van der Waals surface area contributed by atoms with Gasteiger partial charge in [-0.3, -0.25) is 9.89 Å². The zero-order valence-electron chi connectivity index (χ0n) is 16.4. The number of benzene rings is 3. The highest BCUT2D eigenvalue weighted by atomic mass is 16.1. The summed E-state index contributed by atoms with van der Waals surface area (Å²) in [5, 5.41) is 6.67. The lowest BCUT2D eigenvalue weighted by Crippen LogP contribution is -2.12. The fourth-order valence-corrected chi connectivity index (χ4v) is 3.05. The molecule has 0 aliphatic carbocycles. The van der Waals surface area contributed by atoms with E-state index in [-0.39, 0.29) is 5.82 Å². The van der Waals surface area contributed by atoms with Crippen LogP contribution in [0.15, 0.2) is 72.8 Å². The molecule has 6 heteroatoms. The lowest BCUT2D eigenvalue weighted by molar-refractivity contribution is 0.0991. The number of H-pyrrole nitrogens is 1. The van der Waals surface area contributed by atoms with Gasteiger partial charge in [-0.2, -0.15) is 5.10 Å². The molecule has 5 N–H and O–H groups in total. The van der Waals surface area contributed by atoms with Crippen molar-refractivity contribution in [3.8, 4) is 33.6 Å². The number of aromatic amines is 1. The number of rotatable bonds is 4. The van der Waals surface area contributed by atoms with Crippen LogP contribution in [-0.2, 0) is 0 Å².